The lowest BCUT2D eigenvalue weighted by atomic mass is 9.90. The van der Waals surface area contributed by atoms with E-state index in [1.165, 1.54) is 30.4 Å². The van der Waals surface area contributed by atoms with Gasteiger partial charge in [0.15, 0.2) is 0 Å². The summed E-state index contributed by atoms with van der Waals surface area (Å²) in [6.07, 6.45) is 6.07. The molecule has 5 rings (SSSR count). The van der Waals surface area contributed by atoms with Crippen LogP contribution in [0.4, 0.5) is 23.3 Å². The van der Waals surface area contributed by atoms with Gasteiger partial charge < -0.3 is 15.1 Å². The topological polar surface area (TPSA) is 44.3 Å². The van der Waals surface area contributed by atoms with E-state index in [9.17, 15) is 0 Å². The van der Waals surface area contributed by atoms with Gasteiger partial charge in [-0.2, -0.15) is 9.97 Å². The van der Waals surface area contributed by atoms with Crippen LogP contribution in [0.25, 0.3) is 0 Å². The van der Waals surface area contributed by atoms with E-state index in [1.807, 2.05) is 0 Å². The van der Waals surface area contributed by atoms with Gasteiger partial charge in [0.1, 0.15) is 11.6 Å². The van der Waals surface area contributed by atoms with Crippen LogP contribution in [0.3, 0.4) is 0 Å². The van der Waals surface area contributed by atoms with Gasteiger partial charge in [-0.25, -0.2) is 0 Å². The predicted molar refractivity (Wildman–Crippen MR) is 133 cm³/mol. The fraction of sp³-hybridized carbons (Fsp3) is 0.407. The minimum atomic E-state index is 0.628. The number of aryl methyl sites for hydroxylation is 1. The SMILES string of the molecule is Cc1ccc(Nc2cc(N3CCCCC3)nc(N3CCC(c4ccccc4)CC3)n2)cc1. The van der Waals surface area contributed by atoms with Gasteiger partial charge in [-0.1, -0.05) is 48.0 Å². The number of benzene rings is 2. The van der Waals surface area contributed by atoms with E-state index in [1.54, 1.807) is 0 Å². The molecule has 2 saturated heterocycles. The van der Waals surface area contributed by atoms with Crippen molar-refractivity contribution in [3.63, 3.8) is 0 Å². The zero-order valence-electron chi connectivity index (χ0n) is 19.0. The first-order chi connectivity index (χ1) is 15.7. The molecule has 1 aromatic heterocycles. The Morgan fingerprint density at radius 2 is 1.50 bits per heavy atom. The van der Waals surface area contributed by atoms with Crippen LogP contribution in [-0.4, -0.2) is 36.1 Å². The first-order valence-corrected chi connectivity index (χ1v) is 12.0. The fourth-order valence-electron chi connectivity index (χ4n) is 4.84. The average Bonchev–Trinajstić information content (AvgIpc) is 2.86. The van der Waals surface area contributed by atoms with Crippen molar-refractivity contribution in [2.75, 3.05) is 41.3 Å². The Labute approximate surface area is 191 Å². The first-order valence-electron chi connectivity index (χ1n) is 12.0. The molecule has 1 N–H and O–H groups in total. The zero-order chi connectivity index (χ0) is 21.8. The van der Waals surface area contributed by atoms with Crippen molar-refractivity contribution >= 4 is 23.3 Å². The Morgan fingerprint density at radius 3 is 2.22 bits per heavy atom. The molecule has 2 aromatic carbocycles. The van der Waals surface area contributed by atoms with Crippen LogP contribution in [0.2, 0.25) is 0 Å². The van der Waals surface area contributed by atoms with Crippen molar-refractivity contribution in [1.82, 2.24) is 9.97 Å². The molecular formula is C27H33N5. The van der Waals surface area contributed by atoms with Crippen molar-refractivity contribution in [2.45, 2.75) is 44.9 Å². The average molecular weight is 428 g/mol. The van der Waals surface area contributed by atoms with Crippen molar-refractivity contribution in [3.05, 3.63) is 71.8 Å². The maximum Gasteiger partial charge on any atom is 0.229 e. The molecule has 5 nitrogen and oxygen atoms in total. The third-order valence-corrected chi connectivity index (χ3v) is 6.75. The summed E-state index contributed by atoms with van der Waals surface area (Å²) in [4.78, 5) is 14.8. The number of nitrogens with one attached hydrogen (secondary N) is 1. The Kier molecular flexibility index (Phi) is 6.24. The molecule has 3 heterocycles. The summed E-state index contributed by atoms with van der Waals surface area (Å²) in [7, 11) is 0. The van der Waals surface area contributed by atoms with E-state index in [2.05, 4.69) is 82.7 Å². The van der Waals surface area contributed by atoms with Gasteiger partial charge in [0.25, 0.3) is 0 Å². The number of aromatic nitrogens is 2. The van der Waals surface area contributed by atoms with Gasteiger partial charge in [0.2, 0.25) is 5.95 Å². The highest BCUT2D eigenvalue weighted by Crippen LogP contribution is 2.31. The minimum absolute atomic E-state index is 0.628. The number of rotatable bonds is 5. The van der Waals surface area contributed by atoms with Crippen molar-refractivity contribution in [1.29, 1.82) is 0 Å². The molecule has 0 amide bonds. The van der Waals surface area contributed by atoms with Gasteiger partial charge in [-0.3, -0.25) is 0 Å². The minimum Gasteiger partial charge on any atom is -0.356 e. The first kappa shape index (κ1) is 20.8. The molecular weight excluding hydrogens is 394 g/mol. The third kappa shape index (κ3) is 4.87. The van der Waals surface area contributed by atoms with Gasteiger partial charge in [0.05, 0.1) is 0 Å². The van der Waals surface area contributed by atoms with Crippen LogP contribution in [0.5, 0.6) is 0 Å². The third-order valence-electron chi connectivity index (χ3n) is 6.75. The summed E-state index contributed by atoms with van der Waals surface area (Å²) < 4.78 is 0. The molecule has 32 heavy (non-hydrogen) atoms. The zero-order valence-corrected chi connectivity index (χ0v) is 19.0. The van der Waals surface area contributed by atoms with E-state index in [0.717, 1.165) is 62.3 Å². The lowest BCUT2D eigenvalue weighted by Crippen LogP contribution is -2.35. The normalized spacial score (nSPS) is 17.4. The monoisotopic (exact) mass is 427 g/mol. The second-order valence-corrected chi connectivity index (χ2v) is 9.12. The number of piperidine rings is 2. The summed E-state index contributed by atoms with van der Waals surface area (Å²) in [6, 6.07) is 21.5. The van der Waals surface area contributed by atoms with Gasteiger partial charge in [-0.15, -0.1) is 0 Å². The van der Waals surface area contributed by atoms with Crippen LogP contribution in [0, 0.1) is 6.92 Å². The molecule has 0 atom stereocenters. The lowest BCUT2D eigenvalue weighted by Gasteiger charge is -2.34. The highest BCUT2D eigenvalue weighted by Gasteiger charge is 2.24. The molecule has 2 aliphatic rings. The maximum atomic E-state index is 5.04. The van der Waals surface area contributed by atoms with Crippen molar-refractivity contribution in [3.8, 4) is 0 Å². The van der Waals surface area contributed by atoms with Gasteiger partial charge in [-0.05, 0) is 62.6 Å². The van der Waals surface area contributed by atoms with E-state index in [-0.39, 0.29) is 0 Å². The second-order valence-electron chi connectivity index (χ2n) is 9.12. The summed E-state index contributed by atoms with van der Waals surface area (Å²) >= 11 is 0. The van der Waals surface area contributed by atoms with E-state index < -0.39 is 0 Å². The largest absolute Gasteiger partial charge is 0.356 e. The molecule has 0 unspecified atom stereocenters. The van der Waals surface area contributed by atoms with E-state index >= 15 is 0 Å². The Bertz CT molecular complexity index is 1000. The van der Waals surface area contributed by atoms with Crippen LogP contribution in [0.1, 0.15) is 49.1 Å². The Morgan fingerprint density at radius 1 is 0.781 bits per heavy atom. The summed E-state index contributed by atoms with van der Waals surface area (Å²) in [6.45, 7) is 6.26. The number of hydrogen-bond donors (Lipinski definition) is 1. The standard InChI is InChI=1S/C27H33N5/c1-21-10-12-24(13-11-21)28-25-20-26(31-16-6-3-7-17-31)30-27(29-25)32-18-14-23(15-19-32)22-8-4-2-5-9-22/h2,4-5,8-13,20,23H,3,6-7,14-19H2,1H3,(H,28,29,30). The molecule has 0 spiro atoms. The molecule has 3 aromatic rings. The van der Waals surface area contributed by atoms with Crippen LogP contribution in [0.15, 0.2) is 60.7 Å². The summed E-state index contributed by atoms with van der Waals surface area (Å²) in [5, 5.41) is 3.52. The number of anilines is 4. The predicted octanol–water partition coefficient (Wildman–Crippen LogP) is 5.90. The summed E-state index contributed by atoms with van der Waals surface area (Å²) in [5.74, 6) is 3.41. The Hall–Kier alpha value is -3.08. The maximum absolute atomic E-state index is 5.04. The second kappa shape index (κ2) is 9.60. The van der Waals surface area contributed by atoms with Crippen molar-refractivity contribution < 1.29 is 0 Å². The van der Waals surface area contributed by atoms with Crippen molar-refractivity contribution in [2.24, 2.45) is 0 Å². The molecule has 166 valence electrons. The van der Waals surface area contributed by atoms with Crippen LogP contribution < -0.4 is 15.1 Å². The smallest absolute Gasteiger partial charge is 0.229 e. The van der Waals surface area contributed by atoms with Crippen LogP contribution in [-0.2, 0) is 0 Å². The molecule has 2 fully saturated rings. The molecule has 0 aliphatic carbocycles. The van der Waals surface area contributed by atoms with Gasteiger partial charge in [0, 0.05) is 37.9 Å². The quantitative estimate of drug-likeness (QED) is 0.549. The van der Waals surface area contributed by atoms with Crippen LogP contribution >= 0.6 is 0 Å². The molecule has 0 bridgehead atoms. The van der Waals surface area contributed by atoms with E-state index in [0.29, 0.717) is 5.92 Å². The highest BCUT2D eigenvalue weighted by molar-refractivity contribution is 5.62. The summed E-state index contributed by atoms with van der Waals surface area (Å²) in [5.41, 5.74) is 3.78. The lowest BCUT2D eigenvalue weighted by molar-refractivity contribution is 0.499. The molecule has 2 aliphatic heterocycles. The fourth-order valence-corrected chi connectivity index (χ4v) is 4.84. The van der Waals surface area contributed by atoms with Gasteiger partial charge >= 0.3 is 0 Å². The number of nitrogens with zero attached hydrogens (tertiary/aromatic N) is 4. The molecule has 0 radical (unpaired) electrons. The Balaban J connectivity index is 1.37. The van der Waals surface area contributed by atoms with E-state index in [4.69, 9.17) is 9.97 Å². The number of hydrogen-bond acceptors (Lipinski definition) is 5. The highest BCUT2D eigenvalue weighted by atomic mass is 15.3. The molecule has 0 saturated carbocycles. The molecule has 5 heteroatoms.